The second-order valence-electron chi connectivity index (χ2n) is 7.72. The van der Waals surface area contributed by atoms with E-state index in [1.54, 1.807) is 11.3 Å². The molecule has 1 aromatic heterocycles. The molecule has 0 amide bonds. The zero-order valence-electron chi connectivity index (χ0n) is 16.7. The predicted octanol–water partition coefficient (Wildman–Crippen LogP) is 6.43. The predicted molar refractivity (Wildman–Crippen MR) is 120 cm³/mol. The van der Waals surface area contributed by atoms with Crippen LogP contribution in [0.3, 0.4) is 0 Å². The van der Waals surface area contributed by atoms with E-state index in [0.29, 0.717) is 11.8 Å². The van der Waals surface area contributed by atoms with Gasteiger partial charge in [-0.15, -0.1) is 11.3 Å². The minimum Gasteiger partial charge on any atom is -0.260 e. The van der Waals surface area contributed by atoms with Crippen molar-refractivity contribution in [3.8, 4) is 0 Å². The topological polar surface area (TPSA) is 36.8 Å². The Hall–Kier alpha value is -2.72. The van der Waals surface area contributed by atoms with Gasteiger partial charge in [0.1, 0.15) is 5.71 Å². The number of benzene rings is 2. The Morgan fingerprint density at radius 3 is 2.21 bits per heavy atom. The Bertz CT molecular complexity index is 1030. The minimum atomic E-state index is 0.457. The summed E-state index contributed by atoms with van der Waals surface area (Å²) in [7, 11) is 0. The number of nitrogens with zero attached hydrogens (tertiary/aromatic N) is 2. The van der Waals surface area contributed by atoms with Crippen LogP contribution in [-0.2, 0) is 0 Å². The molecule has 1 aliphatic heterocycles. The molecule has 0 radical (unpaired) electrons. The molecule has 0 atom stereocenters. The molecule has 0 spiro atoms. The van der Waals surface area contributed by atoms with E-state index in [1.165, 1.54) is 11.1 Å². The molecule has 0 unspecified atom stereocenters. The first-order valence-electron chi connectivity index (χ1n) is 9.74. The van der Waals surface area contributed by atoms with Crippen molar-refractivity contribution in [1.29, 1.82) is 0 Å². The molecule has 0 bridgehead atoms. The van der Waals surface area contributed by atoms with Gasteiger partial charge in [0.2, 0.25) is 0 Å². The highest BCUT2D eigenvalue weighted by molar-refractivity contribution is 7.12. The van der Waals surface area contributed by atoms with Crippen molar-refractivity contribution in [2.75, 3.05) is 0 Å². The first kappa shape index (κ1) is 18.6. The largest absolute Gasteiger partial charge is 0.260 e. The van der Waals surface area contributed by atoms with Crippen molar-refractivity contribution >= 4 is 28.6 Å². The van der Waals surface area contributed by atoms with Gasteiger partial charge in [-0.1, -0.05) is 64.1 Å². The lowest BCUT2D eigenvalue weighted by Crippen LogP contribution is -2.19. The van der Waals surface area contributed by atoms with E-state index in [1.807, 2.05) is 0 Å². The van der Waals surface area contributed by atoms with Crippen molar-refractivity contribution in [1.82, 2.24) is 5.43 Å². The summed E-state index contributed by atoms with van der Waals surface area (Å²) in [5.41, 5.74) is 9.86. The van der Waals surface area contributed by atoms with Crippen molar-refractivity contribution in [2.24, 2.45) is 10.1 Å². The van der Waals surface area contributed by atoms with Gasteiger partial charge in [-0.05, 0) is 46.5 Å². The Kier molecular flexibility index (Phi) is 5.14. The van der Waals surface area contributed by atoms with Gasteiger partial charge < -0.3 is 0 Å². The van der Waals surface area contributed by atoms with Gasteiger partial charge >= 0.3 is 0 Å². The fourth-order valence-corrected chi connectivity index (χ4v) is 4.00. The third-order valence-electron chi connectivity index (χ3n) is 5.05. The van der Waals surface area contributed by atoms with Gasteiger partial charge in [0.05, 0.1) is 10.6 Å². The van der Waals surface area contributed by atoms with Crippen LogP contribution in [0, 0.1) is 0 Å². The van der Waals surface area contributed by atoms with Gasteiger partial charge in [0.25, 0.3) is 0 Å². The summed E-state index contributed by atoms with van der Waals surface area (Å²) in [5, 5.41) is 6.85. The van der Waals surface area contributed by atoms with Crippen LogP contribution in [0.15, 0.2) is 70.1 Å². The van der Waals surface area contributed by atoms with E-state index < -0.39 is 0 Å². The van der Waals surface area contributed by atoms with Crippen LogP contribution in [0.4, 0.5) is 5.69 Å². The average molecular weight is 388 g/mol. The monoisotopic (exact) mass is 387 g/mol. The molecule has 1 aliphatic rings. The van der Waals surface area contributed by atoms with Gasteiger partial charge in [-0.3, -0.25) is 5.43 Å². The molecule has 28 heavy (non-hydrogen) atoms. The molecule has 2 aromatic carbocycles. The molecule has 142 valence electrons. The summed E-state index contributed by atoms with van der Waals surface area (Å²) < 4.78 is 0. The van der Waals surface area contributed by atoms with Gasteiger partial charge in [-0.2, -0.15) is 5.10 Å². The molecule has 0 saturated heterocycles. The molecular formula is C24H25N3S. The van der Waals surface area contributed by atoms with Crippen molar-refractivity contribution in [3.05, 3.63) is 87.1 Å². The summed E-state index contributed by atoms with van der Waals surface area (Å²) in [5.74, 6) is 1.75. The lowest BCUT2D eigenvalue weighted by Gasteiger charge is -2.11. The number of rotatable bonds is 4. The lowest BCUT2D eigenvalue weighted by molar-refractivity contribution is 0.866. The van der Waals surface area contributed by atoms with Gasteiger partial charge in [0.15, 0.2) is 5.84 Å². The number of nitrogens with one attached hydrogen (secondary N) is 1. The molecule has 0 aliphatic carbocycles. The molecule has 2 heterocycles. The second-order valence-corrected chi connectivity index (χ2v) is 8.67. The number of hydrazone groups is 1. The highest BCUT2D eigenvalue weighted by Crippen LogP contribution is 2.30. The first-order chi connectivity index (χ1) is 13.5. The second kappa shape index (κ2) is 7.72. The van der Waals surface area contributed by atoms with Crippen molar-refractivity contribution in [3.63, 3.8) is 0 Å². The van der Waals surface area contributed by atoms with Gasteiger partial charge in [0, 0.05) is 11.1 Å². The van der Waals surface area contributed by atoms with Crippen molar-refractivity contribution in [2.45, 2.75) is 39.5 Å². The number of fused-ring (bicyclic) bond motifs is 1. The Morgan fingerprint density at radius 1 is 0.857 bits per heavy atom. The van der Waals surface area contributed by atoms with Crippen molar-refractivity contribution < 1.29 is 0 Å². The smallest absolute Gasteiger partial charge is 0.154 e. The van der Waals surface area contributed by atoms with E-state index in [9.17, 15) is 0 Å². The highest BCUT2D eigenvalue weighted by atomic mass is 32.1. The highest BCUT2D eigenvalue weighted by Gasteiger charge is 2.19. The summed E-state index contributed by atoms with van der Waals surface area (Å²) in [6, 6.07) is 19.3. The maximum atomic E-state index is 4.94. The molecule has 0 fully saturated rings. The Morgan fingerprint density at radius 2 is 1.57 bits per heavy atom. The van der Waals surface area contributed by atoms with Crippen LogP contribution in [-0.4, -0.2) is 11.5 Å². The molecular weight excluding hydrogens is 362 g/mol. The zero-order chi connectivity index (χ0) is 19.7. The van der Waals surface area contributed by atoms with Crippen LogP contribution in [0.1, 0.15) is 66.7 Å². The van der Waals surface area contributed by atoms with Crippen LogP contribution in [0.25, 0.3) is 0 Å². The van der Waals surface area contributed by atoms with Crippen LogP contribution in [0.5, 0.6) is 0 Å². The molecule has 0 saturated carbocycles. The van der Waals surface area contributed by atoms with E-state index in [0.717, 1.165) is 33.2 Å². The standard InChI is InChI=1S/C24H25N3S/c1-15(2)17-7-9-18(10-8-17)24-25-21-12-11-19(16(3)4)14-20(21)23(26-27-24)22-6-5-13-28-22/h5-16H,1-4H3,(H,25,27). The Balaban J connectivity index is 1.82. The summed E-state index contributed by atoms with van der Waals surface area (Å²) in [6.45, 7) is 8.83. The fraction of sp³-hybridized carbons (Fsp3) is 0.250. The number of amidine groups is 1. The molecule has 3 nitrogen and oxygen atoms in total. The van der Waals surface area contributed by atoms with E-state index in [2.05, 4.69) is 93.1 Å². The minimum absolute atomic E-state index is 0.457. The number of aliphatic imine (C=N–C) groups is 1. The summed E-state index contributed by atoms with van der Waals surface area (Å²) in [4.78, 5) is 6.08. The zero-order valence-corrected chi connectivity index (χ0v) is 17.5. The first-order valence-corrected chi connectivity index (χ1v) is 10.6. The van der Waals surface area contributed by atoms with Crippen LogP contribution in [0.2, 0.25) is 0 Å². The van der Waals surface area contributed by atoms with Crippen LogP contribution < -0.4 is 5.43 Å². The van der Waals surface area contributed by atoms with Gasteiger partial charge in [-0.25, -0.2) is 4.99 Å². The molecule has 1 N–H and O–H groups in total. The quantitative estimate of drug-likeness (QED) is 0.550. The van der Waals surface area contributed by atoms with Crippen LogP contribution >= 0.6 is 11.3 Å². The molecule has 4 heteroatoms. The molecule has 4 rings (SSSR count). The summed E-state index contributed by atoms with van der Waals surface area (Å²) >= 11 is 1.70. The maximum Gasteiger partial charge on any atom is 0.154 e. The molecule has 3 aromatic rings. The summed E-state index contributed by atoms with van der Waals surface area (Å²) in [6.07, 6.45) is 0. The number of hydrogen-bond acceptors (Lipinski definition) is 4. The number of hydrogen-bond donors (Lipinski definition) is 1. The lowest BCUT2D eigenvalue weighted by atomic mass is 9.97. The van der Waals surface area contributed by atoms with E-state index >= 15 is 0 Å². The normalized spacial score (nSPS) is 13.6. The fourth-order valence-electron chi connectivity index (χ4n) is 3.27. The third-order valence-corrected chi connectivity index (χ3v) is 5.93. The number of thiophene rings is 1. The third kappa shape index (κ3) is 3.65. The SMILES string of the molecule is CC(C)c1ccc(C2=Nc3ccc(C(C)C)cc3C(c3cccs3)=NN2)cc1. The average Bonchev–Trinajstić information content (AvgIpc) is 3.15. The maximum absolute atomic E-state index is 4.94. The Labute approximate surface area is 170 Å². The van der Waals surface area contributed by atoms with E-state index in [4.69, 9.17) is 10.1 Å². The van der Waals surface area contributed by atoms with E-state index in [-0.39, 0.29) is 0 Å².